The number of amides is 1. The third-order valence-corrected chi connectivity index (χ3v) is 5.00. The molecule has 1 atom stereocenters. The Labute approximate surface area is 169 Å². The van der Waals surface area contributed by atoms with E-state index in [9.17, 15) is 22.8 Å². The first-order chi connectivity index (χ1) is 14.3. The molecule has 1 aliphatic rings. The molecule has 0 radical (unpaired) electrons. The van der Waals surface area contributed by atoms with Gasteiger partial charge in [0.2, 0.25) is 5.91 Å². The van der Waals surface area contributed by atoms with Crippen LogP contribution in [0.1, 0.15) is 12.0 Å². The maximum absolute atomic E-state index is 12.7. The van der Waals surface area contributed by atoms with E-state index in [2.05, 4.69) is 15.3 Å². The van der Waals surface area contributed by atoms with Crippen molar-refractivity contribution in [1.29, 1.82) is 0 Å². The number of hydrogen-bond donors (Lipinski definition) is 1. The van der Waals surface area contributed by atoms with E-state index in [4.69, 9.17) is 0 Å². The quantitative estimate of drug-likeness (QED) is 0.704. The van der Waals surface area contributed by atoms with Crippen molar-refractivity contribution in [3.05, 3.63) is 64.8 Å². The van der Waals surface area contributed by atoms with E-state index < -0.39 is 11.7 Å². The molecule has 3 heterocycles. The Bertz CT molecular complexity index is 1130. The molecule has 1 aromatic carbocycles. The number of hydrogen-bond acceptors (Lipinski definition) is 5. The molecular weight excluding hydrogens is 399 g/mol. The Morgan fingerprint density at radius 3 is 2.70 bits per heavy atom. The van der Waals surface area contributed by atoms with Crippen LogP contribution in [-0.4, -0.2) is 39.6 Å². The number of benzene rings is 1. The standard InChI is InChI=1S/C20H18F3N5O2/c21-20(22,23)13-5-6-17(24-9-13)27-8-7-14(10-27)26-18(29)11-28-12-25-16-4-2-1-3-15(16)19(28)30/h1-6,9,12,14H,7-8,10-11H2,(H,26,29)/t14-/m1/s1. The molecule has 30 heavy (non-hydrogen) atoms. The number of nitrogens with one attached hydrogen (secondary N) is 1. The topological polar surface area (TPSA) is 80.1 Å². The molecule has 0 spiro atoms. The number of carbonyl (C=O) groups excluding carboxylic acids is 1. The van der Waals surface area contributed by atoms with Crippen molar-refractivity contribution >= 4 is 22.6 Å². The summed E-state index contributed by atoms with van der Waals surface area (Å²) in [6, 6.07) is 9.03. The SMILES string of the molecule is O=C(Cn1cnc2ccccc2c1=O)N[C@@H]1CCN(c2ccc(C(F)(F)F)cn2)C1. The molecule has 1 saturated heterocycles. The molecule has 3 aromatic rings. The lowest BCUT2D eigenvalue weighted by Gasteiger charge is -2.18. The molecule has 0 saturated carbocycles. The van der Waals surface area contributed by atoms with Crippen LogP contribution in [0.5, 0.6) is 0 Å². The van der Waals surface area contributed by atoms with Crippen LogP contribution in [0.3, 0.4) is 0 Å². The predicted octanol–water partition coefficient (Wildman–Crippen LogP) is 2.21. The predicted molar refractivity (Wildman–Crippen MR) is 104 cm³/mol. The average molecular weight is 417 g/mol. The van der Waals surface area contributed by atoms with E-state index in [-0.39, 0.29) is 24.1 Å². The number of aromatic nitrogens is 3. The lowest BCUT2D eigenvalue weighted by molar-refractivity contribution is -0.137. The zero-order chi connectivity index (χ0) is 21.3. The second kappa shape index (κ2) is 7.77. The molecule has 0 unspecified atom stereocenters. The van der Waals surface area contributed by atoms with Crippen LogP contribution in [0.2, 0.25) is 0 Å². The maximum Gasteiger partial charge on any atom is 0.417 e. The van der Waals surface area contributed by atoms with Crippen LogP contribution in [0.15, 0.2) is 53.7 Å². The van der Waals surface area contributed by atoms with Gasteiger partial charge in [0.05, 0.1) is 22.8 Å². The second-order valence-corrected chi connectivity index (χ2v) is 7.10. The number of para-hydroxylation sites is 1. The van der Waals surface area contributed by atoms with Crippen LogP contribution in [0.25, 0.3) is 10.9 Å². The highest BCUT2D eigenvalue weighted by Crippen LogP contribution is 2.29. The Morgan fingerprint density at radius 2 is 1.97 bits per heavy atom. The van der Waals surface area contributed by atoms with Gasteiger partial charge in [0.25, 0.3) is 5.56 Å². The summed E-state index contributed by atoms with van der Waals surface area (Å²) in [6.45, 7) is 0.821. The van der Waals surface area contributed by atoms with Gasteiger partial charge in [-0.1, -0.05) is 12.1 Å². The molecule has 7 nitrogen and oxygen atoms in total. The first-order valence-electron chi connectivity index (χ1n) is 9.33. The number of carbonyl (C=O) groups is 1. The molecule has 1 fully saturated rings. The molecule has 0 bridgehead atoms. The van der Waals surface area contributed by atoms with Crippen molar-refractivity contribution < 1.29 is 18.0 Å². The van der Waals surface area contributed by atoms with Crippen molar-refractivity contribution in [2.24, 2.45) is 0 Å². The number of alkyl halides is 3. The molecule has 10 heteroatoms. The smallest absolute Gasteiger partial charge is 0.354 e. The molecule has 1 aliphatic heterocycles. The molecule has 0 aliphatic carbocycles. The molecule has 1 N–H and O–H groups in total. The van der Waals surface area contributed by atoms with Gasteiger partial charge in [0, 0.05) is 25.3 Å². The first-order valence-corrected chi connectivity index (χ1v) is 9.33. The van der Waals surface area contributed by atoms with Gasteiger partial charge in [0.1, 0.15) is 12.4 Å². The number of rotatable bonds is 4. The van der Waals surface area contributed by atoms with E-state index in [0.717, 1.165) is 12.3 Å². The molecule has 4 rings (SSSR count). The van der Waals surface area contributed by atoms with Crippen LogP contribution in [0.4, 0.5) is 19.0 Å². The normalized spacial score (nSPS) is 16.8. The summed E-state index contributed by atoms with van der Waals surface area (Å²) in [5.74, 6) is 0.0936. The van der Waals surface area contributed by atoms with E-state index in [1.54, 1.807) is 24.3 Å². The Kier molecular flexibility index (Phi) is 5.15. The zero-order valence-corrected chi connectivity index (χ0v) is 15.8. The van der Waals surface area contributed by atoms with Crippen LogP contribution >= 0.6 is 0 Å². The van der Waals surface area contributed by atoms with E-state index in [1.807, 2.05) is 4.90 Å². The van der Waals surface area contributed by atoms with Gasteiger partial charge in [-0.15, -0.1) is 0 Å². The molecule has 1 amide bonds. The highest BCUT2D eigenvalue weighted by Gasteiger charge is 2.31. The highest BCUT2D eigenvalue weighted by molar-refractivity contribution is 5.79. The summed E-state index contributed by atoms with van der Waals surface area (Å²) >= 11 is 0. The highest BCUT2D eigenvalue weighted by atomic mass is 19.4. The van der Waals surface area contributed by atoms with Crippen molar-refractivity contribution in [3.63, 3.8) is 0 Å². The lowest BCUT2D eigenvalue weighted by atomic mass is 10.2. The first kappa shape index (κ1) is 19.9. The Balaban J connectivity index is 1.37. The van der Waals surface area contributed by atoms with Gasteiger partial charge >= 0.3 is 6.18 Å². The fourth-order valence-corrected chi connectivity index (χ4v) is 3.47. The van der Waals surface area contributed by atoms with Gasteiger partial charge in [-0.25, -0.2) is 9.97 Å². The van der Waals surface area contributed by atoms with Crippen molar-refractivity contribution in [2.45, 2.75) is 25.2 Å². The number of pyridine rings is 1. The third-order valence-electron chi connectivity index (χ3n) is 5.00. The summed E-state index contributed by atoms with van der Waals surface area (Å²) in [4.78, 5) is 34.8. The minimum Gasteiger partial charge on any atom is -0.354 e. The van der Waals surface area contributed by atoms with E-state index in [1.165, 1.54) is 17.0 Å². The fourth-order valence-electron chi connectivity index (χ4n) is 3.47. The van der Waals surface area contributed by atoms with Gasteiger partial charge in [-0.3, -0.25) is 14.2 Å². The number of nitrogens with zero attached hydrogens (tertiary/aromatic N) is 4. The number of anilines is 1. The van der Waals surface area contributed by atoms with E-state index in [0.29, 0.717) is 36.2 Å². The van der Waals surface area contributed by atoms with Crippen LogP contribution in [-0.2, 0) is 17.5 Å². The Hall–Kier alpha value is -3.43. The van der Waals surface area contributed by atoms with E-state index >= 15 is 0 Å². The molecule has 156 valence electrons. The number of fused-ring (bicyclic) bond motifs is 1. The average Bonchev–Trinajstić information content (AvgIpc) is 3.18. The summed E-state index contributed by atoms with van der Waals surface area (Å²) in [5.41, 5.74) is -0.530. The van der Waals surface area contributed by atoms with Crippen LogP contribution in [0, 0.1) is 0 Å². The molecule has 2 aromatic heterocycles. The van der Waals surface area contributed by atoms with Gasteiger partial charge < -0.3 is 10.2 Å². The summed E-state index contributed by atoms with van der Waals surface area (Å²) in [7, 11) is 0. The fraction of sp³-hybridized carbons (Fsp3) is 0.300. The minimum absolute atomic E-state index is 0.161. The van der Waals surface area contributed by atoms with Crippen molar-refractivity contribution in [1.82, 2.24) is 19.9 Å². The van der Waals surface area contributed by atoms with Crippen LogP contribution < -0.4 is 15.8 Å². The minimum atomic E-state index is -4.43. The monoisotopic (exact) mass is 417 g/mol. The van der Waals surface area contributed by atoms with Gasteiger partial charge in [-0.2, -0.15) is 13.2 Å². The summed E-state index contributed by atoms with van der Waals surface area (Å²) < 4.78 is 39.3. The van der Waals surface area contributed by atoms with Gasteiger partial charge in [0.15, 0.2) is 0 Å². The van der Waals surface area contributed by atoms with Gasteiger partial charge in [-0.05, 0) is 30.7 Å². The second-order valence-electron chi connectivity index (χ2n) is 7.10. The lowest BCUT2D eigenvalue weighted by Crippen LogP contribution is -2.40. The Morgan fingerprint density at radius 1 is 1.17 bits per heavy atom. The summed E-state index contributed by atoms with van der Waals surface area (Å²) in [5, 5.41) is 3.30. The maximum atomic E-state index is 12.7. The largest absolute Gasteiger partial charge is 0.417 e. The summed E-state index contributed by atoms with van der Waals surface area (Å²) in [6.07, 6.45) is -1.65. The zero-order valence-electron chi connectivity index (χ0n) is 15.8. The molecular formula is C20H18F3N5O2. The third kappa shape index (κ3) is 4.12. The van der Waals surface area contributed by atoms with Crippen molar-refractivity contribution in [2.75, 3.05) is 18.0 Å². The van der Waals surface area contributed by atoms with Crippen molar-refractivity contribution in [3.8, 4) is 0 Å². The number of halogens is 3.